The fraction of sp³-hybridized carbons (Fsp3) is 0.320. The highest BCUT2D eigenvalue weighted by Crippen LogP contribution is 2.46. The lowest BCUT2D eigenvalue weighted by atomic mass is 9.67. The second-order valence-electron chi connectivity index (χ2n) is 8.58. The highest BCUT2D eigenvalue weighted by Gasteiger charge is 2.44. The molecule has 3 aliphatic rings. The Morgan fingerprint density at radius 3 is 2.27 bits per heavy atom. The summed E-state index contributed by atoms with van der Waals surface area (Å²) < 4.78 is 30.5. The van der Waals surface area contributed by atoms with E-state index in [1.54, 1.807) is 24.3 Å². The molecule has 1 aliphatic heterocycles. The summed E-state index contributed by atoms with van der Waals surface area (Å²) in [5.74, 6) is -0.495. The molecule has 1 fully saturated rings. The summed E-state index contributed by atoms with van der Waals surface area (Å²) in [6, 6.07) is 12.3. The number of carbonyl (C=O) groups excluding carboxylic acids is 2. The Morgan fingerprint density at radius 1 is 0.848 bits per heavy atom. The Hall–Kier alpha value is -2.77. The van der Waals surface area contributed by atoms with Gasteiger partial charge in [-0.3, -0.25) is 14.6 Å². The van der Waals surface area contributed by atoms with Crippen LogP contribution >= 0.6 is 11.6 Å². The second kappa shape index (κ2) is 8.54. The number of nitrogens with zero attached hydrogens (tertiary/aromatic N) is 1. The summed E-state index contributed by atoms with van der Waals surface area (Å²) >= 11 is 5.84. The molecule has 0 bridgehead atoms. The lowest BCUT2D eigenvalue weighted by molar-refractivity contribution is -0.122. The molecule has 1 saturated carbocycles. The summed E-state index contributed by atoms with van der Waals surface area (Å²) in [6.07, 6.45) is 4.00. The lowest BCUT2D eigenvalue weighted by Crippen LogP contribution is -2.39. The van der Waals surface area contributed by atoms with Crippen molar-refractivity contribution >= 4 is 39.0 Å². The molecule has 1 heterocycles. The minimum absolute atomic E-state index is 0.000451. The standard InChI is InChI=1S/C25H22ClNO5S/c26-16-9-13-18(14-10-16)33(30,31)32-17-11-7-15(8-12-17)23-24-19(3-1-5-21(24)28)27-20-4-2-6-22(29)25(20)23/h7-14,23-24H,1-6H2/t23-,24?/m1/s1. The molecular weight excluding hydrogens is 462 g/mol. The van der Waals surface area contributed by atoms with Crippen molar-refractivity contribution in [2.75, 3.05) is 0 Å². The maximum absolute atomic E-state index is 12.9. The van der Waals surface area contributed by atoms with Crippen molar-refractivity contribution in [2.24, 2.45) is 10.9 Å². The molecular formula is C25H22ClNO5S. The third kappa shape index (κ3) is 4.15. The zero-order chi connectivity index (χ0) is 23.2. The van der Waals surface area contributed by atoms with E-state index in [4.69, 9.17) is 20.8 Å². The van der Waals surface area contributed by atoms with Gasteiger partial charge in [0, 0.05) is 40.8 Å². The van der Waals surface area contributed by atoms with Gasteiger partial charge in [0.1, 0.15) is 16.4 Å². The number of hydrogen-bond donors (Lipinski definition) is 0. The van der Waals surface area contributed by atoms with Gasteiger partial charge in [0.25, 0.3) is 0 Å². The quantitative estimate of drug-likeness (QED) is 0.569. The van der Waals surface area contributed by atoms with Crippen LogP contribution in [0.3, 0.4) is 0 Å². The van der Waals surface area contributed by atoms with Gasteiger partial charge in [-0.2, -0.15) is 8.42 Å². The van der Waals surface area contributed by atoms with Crippen LogP contribution in [0, 0.1) is 5.92 Å². The van der Waals surface area contributed by atoms with Crippen LogP contribution in [0.25, 0.3) is 0 Å². The maximum Gasteiger partial charge on any atom is 0.339 e. The Balaban J connectivity index is 1.48. The van der Waals surface area contributed by atoms with E-state index in [0.717, 1.165) is 42.7 Å². The minimum atomic E-state index is -4.02. The number of halogens is 1. The fourth-order valence-corrected chi connectivity index (χ4v) is 6.02. The van der Waals surface area contributed by atoms with E-state index < -0.39 is 16.0 Å². The number of carbonyl (C=O) groups is 2. The molecule has 2 aliphatic carbocycles. The molecule has 6 nitrogen and oxygen atoms in total. The Bertz CT molecular complexity index is 1290. The third-order valence-electron chi connectivity index (χ3n) is 6.46. The molecule has 2 aromatic carbocycles. The van der Waals surface area contributed by atoms with Crippen molar-refractivity contribution < 1.29 is 22.2 Å². The van der Waals surface area contributed by atoms with Gasteiger partial charge in [0.15, 0.2) is 5.78 Å². The number of allylic oxidation sites excluding steroid dienone is 2. The Morgan fingerprint density at radius 2 is 1.55 bits per heavy atom. The largest absolute Gasteiger partial charge is 0.379 e. The van der Waals surface area contributed by atoms with E-state index in [9.17, 15) is 18.0 Å². The number of benzene rings is 2. The molecule has 0 N–H and O–H groups in total. The highest BCUT2D eigenvalue weighted by atomic mass is 35.5. The summed E-state index contributed by atoms with van der Waals surface area (Å²) in [6.45, 7) is 0. The van der Waals surface area contributed by atoms with Gasteiger partial charge in [-0.25, -0.2) is 0 Å². The van der Waals surface area contributed by atoms with E-state index in [-0.39, 0.29) is 28.1 Å². The van der Waals surface area contributed by atoms with E-state index >= 15 is 0 Å². The third-order valence-corrected chi connectivity index (χ3v) is 7.97. The average molecular weight is 484 g/mol. The molecule has 170 valence electrons. The average Bonchev–Trinajstić information content (AvgIpc) is 2.79. The minimum Gasteiger partial charge on any atom is -0.379 e. The van der Waals surface area contributed by atoms with Crippen LogP contribution in [-0.4, -0.2) is 25.7 Å². The molecule has 2 atom stereocenters. The van der Waals surface area contributed by atoms with Gasteiger partial charge < -0.3 is 4.18 Å². The second-order valence-corrected chi connectivity index (χ2v) is 10.6. The van der Waals surface area contributed by atoms with Gasteiger partial charge in [-0.1, -0.05) is 23.7 Å². The van der Waals surface area contributed by atoms with Crippen LogP contribution < -0.4 is 4.18 Å². The van der Waals surface area contributed by atoms with Crippen molar-refractivity contribution in [3.05, 3.63) is 70.4 Å². The van der Waals surface area contributed by atoms with Gasteiger partial charge in [-0.15, -0.1) is 0 Å². The Labute approximate surface area is 197 Å². The van der Waals surface area contributed by atoms with Crippen molar-refractivity contribution in [1.82, 2.24) is 0 Å². The van der Waals surface area contributed by atoms with E-state index in [1.807, 2.05) is 0 Å². The van der Waals surface area contributed by atoms with Crippen LogP contribution in [0.15, 0.2) is 69.7 Å². The lowest BCUT2D eigenvalue weighted by Gasteiger charge is -2.37. The SMILES string of the molecule is O=C1CCCC2=C1[C@H](c1ccc(OS(=O)(=O)c3ccc(Cl)cc3)cc1)C1C(=O)CCCC1=N2. The van der Waals surface area contributed by atoms with Crippen LogP contribution in [0.1, 0.15) is 50.0 Å². The number of rotatable bonds is 4. The zero-order valence-corrected chi connectivity index (χ0v) is 19.4. The summed E-state index contributed by atoms with van der Waals surface area (Å²) in [5.41, 5.74) is 3.12. The smallest absolute Gasteiger partial charge is 0.339 e. The first-order valence-electron chi connectivity index (χ1n) is 11.0. The summed E-state index contributed by atoms with van der Waals surface area (Å²) in [7, 11) is -4.02. The van der Waals surface area contributed by atoms with E-state index in [2.05, 4.69) is 0 Å². The predicted molar refractivity (Wildman–Crippen MR) is 124 cm³/mol. The van der Waals surface area contributed by atoms with Crippen LogP contribution in [0.2, 0.25) is 5.02 Å². The zero-order valence-electron chi connectivity index (χ0n) is 17.8. The number of Topliss-reactive ketones (excluding diaryl/α,β-unsaturated/α-hetero) is 2. The van der Waals surface area contributed by atoms with Gasteiger partial charge >= 0.3 is 10.1 Å². The first kappa shape index (κ1) is 22.0. The molecule has 2 aromatic rings. The van der Waals surface area contributed by atoms with E-state index in [1.165, 1.54) is 24.3 Å². The van der Waals surface area contributed by atoms with Gasteiger partial charge in [0.05, 0.1) is 5.92 Å². The normalized spacial score (nSPS) is 23.0. The van der Waals surface area contributed by atoms with Crippen molar-refractivity contribution in [3.63, 3.8) is 0 Å². The van der Waals surface area contributed by atoms with Crippen LogP contribution in [0.5, 0.6) is 5.75 Å². The summed E-state index contributed by atoms with van der Waals surface area (Å²) in [5, 5.41) is 0.428. The Kier molecular flexibility index (Phi) is 5.70. The highest BCUT2D eigenvalue weighted by molar-refractivity contribution is 7.87. The molecule has 5 rings (SSSR count). The van der Waals surface area contributed by atoms with E-state index in [0.29, 0.717) is 23.4 Å². The van der Waals surface area contributed by atoms with Crippen molar-refractivity contribution in [3.8, 4) is 5.75 Å². The number of fused-ring (bicyclic) bond motifs is 1. The molecule has 1 unspecified atom stereocenters. The summed E-state index contributed by atoms with van der Waals surface area (Å²) in [4.78, 5) is 30.5. The fourth-order valence-electron chi connectivity index (χ4n) is 4.97. The first-order chi connectivity index (χ1) is 15.8. The molecule has 8 heteroatoms. The molecule has 0 aromatic heterocycles. The number of ketones is 2. The molecule has 0 amide bonds. The van der Waals surface area contributed by atoms with Crippen LogP contribution in [-0.2, 0) is 19.7 Å². The van der Waals surface area contributed by atoms with Gasteiger partial charge in [-0.05, 0) is 67.6 Å². The van der Waals surface area contributed by atoms with Crippen LogP contribution in [0.4, 0.5) is 0 Å². The predicted octanol–water partition coefficient (Wildman–Crippen LogP) is 5.02. The number of hydrogen-bond acceptors (Lipinski definition) is 6. The molecule has 0 spiro atoms. The number of aliphatic imine (C=N–C) groups is 1. The monoisotopic (exact) mass is 483 g/mol. The van der Waals surface area contributed by atoms with Crippen molar-refractivity contribution in [1.29, 1.82) is 0 Å². The topological polar surface area (TPSA) is 89.9 Å². The van der Waals surface area contributed by atoms with Crippen molar-refractivity contribution in [2.45, 2.75) is 49.3 Å². The maximum atomic E-state index is 12.9. The first-order valence-corrected chi connectivity index (χ1v) is 12.8. The molecule has 0 radical (unpaired) electrons. The van der Waals surface area contributed by atoms with Gasteiger partial charge in [0.2, 0.25) is 0 Å². The molecule has 0 saturated heterocycles. The molecule has 33 heavy (non-hydrogen) atoms.